The van der Waals surface area contributed by atoms with E-state index in [1.54, 1.807) is 0 Å². The number of aryl methyl sites for hydroxylation is 1. The number of likely N-dealkylation sites (N-methyl/N-ethyl adjacent to an activating group) is 1. The van der Waals surface area contributed by atoms with Crippen LogP contribution in [0.15, 0.2) is 12.1 Å². The number of rotatable bonds is 4. The van der Waals surface area contributed by atoms with Gasteiger partial charge in [0, 0.05) is 19.6 Å². The zero-order chi connectivity index (χ0) is 11.5. The first kappa shape index (κ1) is 11.4. The molecule has 0 saturated heterocycles. The zero-order valence-corrected chi connectivity index (χ0v) is 10.3. The number of benzene rings is 1. The van der Waals surface area contributed by atoms with E-state index in [-0.39, 0.29) is 0 Å². The molecule has 1 heterocycles. The first-order valence-corrected chi connectivity index (χ1v) is 5.77. The lowest BCUT2D eigenvalue weighted by Crippen LogP contribution is -2.19. The number of nitrogens with zero attached hydrogens (tertiary/aromatic N) is 1. The maximum atomic E-state index is 5.75. The highest BCUT2D eigenvalue weighted by Crippen LogP contribution is 2.25. The number of hydrogen-bond donors (Lipinski definition) is 1. The SMILES string of the molecule is Cc1cc(OCCN(C)C)cc2c1CNC2. The predicted molar refractivity (Wildman–Crippen MR) is 65.8 cm³/mol. The fourth-order valence-corrected chi connectivity index (χ4v) is 2.02. The van der Waals surface area contributed by atoms with E-state index in [9.17, 15) is 0 Å². The molecule has 0 aliphatic carbocycles. The predicted octanol–water partition coefficient (Wildman–Crippen LogP) is 1.54. The van der Waals surface area contributed by atoms with E-state index in [2.05, 4.69) is 43.4 Å². The normalized spacial score (nSPS) is 14.2. The highest BCUT2D eigenvalue weighted by atomic mass is 16.5. The average Bonchev–Trinajstić information content (AvgIpc) is 2.65. The van der Waals surface area contributed by atoms with E-state index in [1.807, 2.05) is 0 Å². The minimum Gasteiger partial charge on any atom is -0.492 e. The number of nitrogens with one attached hydrogen (secondary N) is 1. The first-order valence-electron chi connectivity index (χ1n) is 5.77. The molecule has 88 valence electrons. The lowest BCUT2D eigenvalue weighted by Gasteiger charge is -2.13. The van der Waals surface area contributed by atoms with Crippen LogP contribution in [0, 0.1) is 6.92 Å². The molecule has 0 saturated carbocycles. The summed E-state index contributed by atoms with van der Waals surface area (Å²) in [7, 11) is 4.11. The van der Waals surface area contributed by atoms with E-state index in [1.165, 1.54) is 16.7 Å². The van der Waals surface area contributed by atoms with E-state index in [4.69, 9.17) is 4.74 Å². The Balaban J connectivity index is 2.03. The molecule has 2 rings (SSSR count). The Morgan fingerprint density at radius 2 is 2.12 bits per heavy atom. The Hall–Kier alpha value is -1.06. The summed E-state index contributed by atoms with van der Waals surface area (Å²) in [5, 5.41) is 3.37. The van der Waals surface area contributed by atoms with Gasteiger partial charge in [-0.05, 0) is 49.8 Å². The molecule has 0 aromatic heterocycles. The first-order chi connectivity index (χ1) is 7.66. The van der Waals surface area contributed by atoms with Crippen molar-refractivity contribution < 1.29 is 4.74 Å². The van der Waals surface area contributed by atoms with Crippen LogP contribution in [0.1, 0.15) is 16.7 Å². The Morgan fingerprint density at radius 1 is 1.31 bits per heavy atom. The van der Waals surface area contributed by atoms with Crippen molar-refractivity contribution in [3.8, 4) is 5.75 Å². The standard InChI is InChI=1S/C13H20N2O/c1-10-6-12(16-5-4-15(2)3)7-11-8-14-9-13(10)11/h6-7,14H,4-5,8-9H2,1-3H3. The van der Waals surface area contributed by atoms with Crippen molar-refractivity contribution >= 4 is 0 Å². The topological polar surface area (TPSA) is 24.5 Å². The van der Waals surface area contributed by atoms with Crippen LogP contribution in [0.25, 0.3) is 0 Å². The van der Waals surface area contributed by atoms with Crippen LogP contribution in [0.2, 0.25) is 0 Å². The van der Waals surface area contributed by atoms with Gasteiger partial charge in [-0.2, -0.15) is 0 Å². The van der Waals surface area contributed by atoms with Crippen LogP contribution < -0.4 is 10.1 Å². The summed E-state index contributed by atoms with van der Waals surface area (Å²) in [6.45, 7) is 5.83. The van der Waals surface area contributed by atoms with Gasteiger partial charge in [0.1, 0.15) is 12.4 Å². The summed E-state index contributed by atoms with van der Waals surface area (Å²) in [5.74, 6) is 1.00. The van der Waals surface area contributed by atoms with Crippen molar-refractivity contribution in [1.82, 2.24) is 10.2 Å². The lowest BCUT2D eigenvalue weighted by atomic mass is 10.0. The molecule has 0 amide bonds. The molecule has 3 heteroatoms. The molecule has 0 radical (unpaired) electrons. The molecule has 3 nitrogen and oxygen atoms in total. The van der Waals surface area contributed by atoms with Crippen molar-refractivity contribution in [2.24, 2.45) is 0 Å². The van der Waals surface area contributed by atoms with Crippen molar-refractivity contribution in [3.05, 3.63) is 28.8 Å². The molecule has 16 heavy (non-hydrogen) atoms. The van der Waals surface area contributed by atoms with Gasteiger partial charge in [-0.15, -0.1) is 0 Å². The second kappa shape index (κ2) is 4.85. The summed E-state index contributed by atoms with van der Waals surface area (Å²) in [4.78, 5) is 2.13. The molecule has 0 bridgehead atoms. The maximum Gasteiger partial charge on any atom is 0.119 e. The van der Waals surface area contributed by atoms with Crippen LogP contribution >= 0.6 is 0 Å². The molecule has 1 aliphatic rings. The summed E-state index contributed by atoms with van der Waals surface area (Å²) >= 11 is 0. The number of fused-ring (bicyclic) bond motifs is 1. The van der Waals surface area contributed by atoms with Crippen LogP contribution in [-0.2, 0) is 13.1 Å². The van der Waals surface area contributed by atoms with Crippen molar-refractivity contribution in [1.29, 1.82) is 0 Å². The largest absolute Gasteiger partial charge is 0.492 e. The van der Waals surface area contributed by atoms with Crippen LogP contribution in [-0.4, -0.2) is 32.1 Å². The summed E-state index contributed by atoms with van der Waals surface area (Å²) in [6, 6.07) is 4.31. The molecule has 1 aromatic rings. The van der Waals surface area contributed by atoms with Gasteiger partial charge in [0.2, 0.25) is 0 Å². The second-order valence-electron chi connectivity index (χ2n) is 4.63. The quantitative estimate of drug-likeness (QED) is 0.833. The molecule has 1 aromatic carbocycles. The smallest absolute Gasteiger partial charge is 0.119 e. The van der Waals surface area contributed by atoms with Gasteiger partial charge < -0.3 is 15.0 Å². The average molecular weight is 220 g/mol. The fourth-order valence-electron chi connectivity index (χ4n) is 2.02. The van der Waals surface area contributed by atoms with E-state index >= 15 is 0 Å². The molecule has 0 unspecified atom stereocenters. The zero-order valence-electron chi connectivity index (χ0n) is 10.3. The Bertz CT molecular complexity index is 374. The molecular formula is C13H20N2O. The van der Waals surface area contributed by atoms with Crippen molar-refractivity contribution in [2.75, 3.05) is 27.2 Å². The second-order valence-corrected chi connectivity index (χ2v) is 4.63. The Labute approximate surface area is 97.4 Å². The van der Waals surface area contributed by atoms with Crippen LogP contribution in [0.3, 0.4) is 0 Å². The summed E-state index contributed by atoms with van der Waals surface area (Å²) in [5.41, 5.74) is 4.17. The maximum absolute atomic E-state index is 5.75. The third-order valence-corrected chi connectivity index (χ3v) is 2.96. The molecule has 0 fully saturated rings. The minimum atomic E-state index is 0.749. The molecular weight excluding hydrogens is 200 g/mol. The van der Waals surface area contributed by atoms with E-state index < -0.39 is 0 Å². The highest BCUT2D eigenvalue weighted by molar-refractivity contribution is 5.43. The van der Waals surface area contributed by atoms with Gasteiger partial charge in [0.25, 0.3) is 0 Å². The Kier molecular flexibility index (Phi) is 3.46. The summed E-state index contributed by atoms with van der Waals surface area (Å²) in [6.07, 6.45) is 0. The Morgan fingerprint density at radius 3 is 2.88 bits per heavy atom. The van der Waals surface area contributed by atoms with Gasteiger partial charge in [0.15, 0.2) is 0 Å². The van der Waals surface area contributed by atoms with E-state index in [0.717, 1.165) is 32.0 Å². The van der Waals surface area contributed by atoms with Crippen molar-refractivity contribution in [3.63, 3.8) is 0 Å². The fraction of sp³-hybridized carbons (Fsp3) is 0.538. The van der Waals surface area contributed by atoms with Crippen molar-refractivity contribution in [2.45, 2.75) is 20.0 Å². The monoisotopic (exact) mass is 220 g/mol. The van der Waals surface area contributed by atoms with Gasteiger partial charge in [-0.25, -0.2) is 0 Å². The summed E-state index contributed by atoms with van der Waals surface area (Å²) < 4.78 is 5.75. The van der Waals surface area contributed by atoms with Gasteiger partial charge in [0.05, 0.1) is 0 Å². The third kappa shape index (κ3) is 2.54. The molecule has 1 aliphatic heterocycles. The van der Waals surface area contributed by atoms with Gasteiger partial charge in [-0.3, -0.25) is 0 Å². The molecule has 0 spiro atoms. The van der Waals surface area contributed by atoms with Gasteiger partial charge >= 0.3 is 0 Å². The highest BCUT2D eigenvalue weighted by Gasteiger charge is 2.13. The lowest BCUT2D eigenvalue weighted by molar-refractivity contribution is 0.261. The van der Waals surface area contributed by atoms with Gasteiger partial charge in [-0.1, -0.05) is 0 Å². The molecule has 0 atom stereocenters. The van der Waals surface area contributed by atoms with E-state index in [0.29, 0.717) is 0 Å². The third-order valence-electron chi connectivity index (χ3n) is 2.96. The molecule has 1 N–H and O–H groups in total. The van der Waals surface area contributed by atoms with Crippen LogP contribution in [0.4, 0.5) is 0 Å². The van der Waals surface area contributed by atoms with Crippen LogP contribution in [0.5, 0.6) is 5.75 Å². The number of ether oxygens (including phenoxy) is 1. The minimum absolute atomic E-state index is 0.749. The number of hydrogen-bond acceptors (Lipinski definition) is 3.